The van der Waals surface area contributed by atoms with Gasteiger partial charge in [-0.2, -0.15) is 0 Å². The number of fused-ring (bicyclic) bond motifs is 1. The molecule has 132 valence electrons. The number of likely N-dealkylation sites (tertiary alicyclic amines) is 1. The predicted octanol–water partition coefficient (Wildman–Crippen LogP) is 1.12. The van der Waals surface area contributed by atoms with Gasteiger partial charge in [0.25, 0.3) is 0 Å². The van der Waals surface area contributed by atoms with Crippen molar-refractivity contribution in [2.24, 2.45) is 11.3 Å². The van der Waals surface area contributed by atoms with E-state index in [0.29, 0.717) is 18.6 Å². The maximum atomic E-state index is 12.4. The summed E-state index contributed by atoms with van der Waals surface area (Å²) in [5.41, 5.74) is -0.0283. The average Bonchev–Trinajstić information content (AvgIpc) is 2.80. The van der Waals surface area contributed by atoms with Crippen molar-refractivity contribution >= 4 is 5.91 Å². The second-order valence-electron chi connectivity index (χ2n) is 8.25. The first-order chi connectivity index (χ1) is 11.0. The van der Waals surface area contributed by atoms with Gasteiger partial charge in [0, 0.05) is 30.0 Å². The summed E-state index contributed by atoms with van der Waals surface area (Å²) in [4.78, 5) is 14.7. The Morgan fingerprint density at radius 2 is 1.96 bits per heavy atom. The first kappa shape index (κ1) is 17.2. The minimum absolute atomic E-state index is 0.0283. The minimum atomic E-state index is -0.211. The van der Waals surface area contributed by atoms with Crippen LogP contribution in [0.15, 0.2) is 0 Å². The highest BCUT2D eigenvalue weighted by molar-refractivity contribution is 5.78. The molecule has 2 heterocycles. The molecule has 0 aromatic rings. The first-order valence-electron chi connectivity index (χ1n) is 9.39. The summed E-state index contributed by atoms with van der Waals surface area (Å²) in [5, 5.41) is 17.4. The molecular formula is C18H33N3O2. The molecule has 2 aliphatic heterocycles. The molecule has 3 fully saturated rings. The number of aliphatic hydroxyl groups is 1. The van der Waals surface area contributed by atoms with Gasteiger partial charge < -0.3 is 20.6 Å². The van der Waals surface area contributed by atoms with Crippen LogP contribution in [0.4, 0.5) is 0 Å². The summed E-state index contributed by atoms with van der Waals surface area (Å²) < 4.78 is 0. The lowest BCUT2D eigenvalue weighted by molar-refractivity contribution is -0.126. The maximum Gasteiger partial charge on any atom is 0.223 e. The molecule has 1 aliphatic carbocycles. The smallest absolute Gasteiger partial charge is 0.223 e. The molecular weight excluding hydrogens is 290 g/mol. The normalized spacial score (nSPS) is 39.7. The summed E-state index contributed by atoms with van der Waals surface area (Å²) in [6.07, 6.45) is 7.09. The van der Waals surface area contributed by atoms with Crippen LogP contribution < -0.4 is 10.6 Å². The van der Waals surface area contributed by atoms with Crippen molar-refractivity contribution in [2.45, 2.75) is 70.1 Å². The van der Waals surface area contributed by atoms with Crippen molar-refractivity contribution in [3.63, 3.8) is 0 Å². The molecule has 0 aromatic carbocycles. The van der Waals surface area contributed by atoms with Crippen LogP contribution in [-0.2, 0) is 4.79 Å². The standard InChI is InChI=1S/C18H33N3O2/c1-18-11-14(20-15(18)5-3-4-6-16(18)22)12-19-17(23)13-7-9-21(2)10-8-13/h13-16,20,22H,3-12H2,1-2H3,(H,19,23)/t14-,15-,16+,18-/m1/s1. The van der Waals surface area contributed by atoms with Crippen LogP contribution in [0.25, 0.3) is 0 Å². The number of hydrogen-bond donors (Lipinski definition) is 3. The molecule has 0 bridgehead atoms. The van der Waals surface area contributed by atoms with Crippen LogP contribution in [0.3, 0.4) is 0 Å². The van der Waals surface area contributed by atoms with Crippen molar-refractivity contribution in [3.8, 4) is 0 Å². The van der Waals surface area contributed by atoms with Gasteiger partial charge in [-0.25, -0.2) is 0 Å². The van der Waals surface area contributed by atoms with Crippen LogP contribution in [0.5, 0.6) is 0 Å². The lowest BCUT2D eigenvalue weighted by Crippen LogP contribution is -2.44. The fraction of sp³-hybridized carbons (Fsp3) is 0.944. The first-order valence-corrected chi connectivity index (χ1v) is 9.39. The van der Waals surface area contributed by atoms with E-state index in [1.807, 2.05) is 0 Å². The van der Waals surface area contributed by atoms with E-state index in [4.69, 9.17) is 0 Å². The van der Waals surface area contributed by atoms with E-state index < -0.39 is 0 Å². The van der Waals surface area contributed by atoms with Gasteiger partial charge in [0.2, 0.25) is 5.91 Å². The summed E-state index contributed by atoms with van der Waals surface area (Å²) >= 11 is 0. The van der Waals surface area contributed by atoms with E-state index in [2.05, 4.69) is 29.5 Å². The van der Waals surface area contributed by atoms with Crippen molar-refractivity contribution in [1.29, 1.82) is 0 Å². The van der Waals surface area contributed by atoms with Crippen LogP contribution in [0, 0.1) is 11.3 Å². The molecule has 5 nitrogen and oxygen atoms in total. The number of carbonyl (C=O) groups excluding carboxylic acids is 1. The van der Waals surface area contributed by atoms with Crippen LogP contribution >= 0.6 is 0 Å². The molecule has 0 radical (unpaired) electrons. The SMILES string of the molecule is CN1CCC(C(=O)NC[C@H]2C[C@@]3(C)[C@@H](O)CCCC[C@H]3N2)CC1. The van der Waals surface area contributed by atoms with Crippen molar-refractivity contribution in [1.82, 2.24) is 15.5 Å². The van der Waals surface area contributed by atoms with Crippen LogP contribution in [0.1, 0.15) is 51.9 Å². The third-order valence-corrected chi connectivity index (χ3v) is 6.51. The van der Waals surface area contributed by atoms with E-state index in [1.165, 1.54) is 6.42 Å². The molecule has 3 aliphatic rings. The van der Waals surface area contributed by atoms with Gasteiger partial charge in [0.05, 0.1) is 6.10 Å². The summed E-state index contributed by atoms with van der Waals surface area (Å²) in [7, 11) is 2.12. The van der Waals surface area contributed by atoms with E-state index in [0.717, 1.165) is 51.6 Å². The predicted molar refractivity (Wildman–Crippen MR) is 91.1 cm³/mol. The molecule has 4 atom stereocenters. The van der Waals surface area contributed by atoms with Gasteiger partial charge in [-0.1, -0.05) is 19.8 Å². The fourth-order valence-electron chi connectivity index (χ4n) is 4.77. The zero-order valence-electron chi connectivity index (χ0n) is 14.7. The number of nitrogens with one attached hydrogen (secondary N) is 2. The lowest BCUT2D eigenvalue weighted by Gasteiger charge is -2.33. The summed E-state index contributed by atoms with van der Waals surface area (Å²) in [5.74, 6) is 0.400. The largest absolute Gasteiger partial charge is 0.392 e. The van der Waals surface area contributed by atoms with Crippen molar-refractivity contribution in [3.05, 3.63) is 0 Å². The third kappa shape index (κ3) is 3.72. The highest BCUT2D eigenvalue weighted by Crippen LogP contribution is 2.43. The Labute approximate surface area is 140 Å². The molecule has 23 heavy (non-hydrogen) atoms. The van der Waals surface area contributed by atoms with E-state index in [9.17, 15) is 9.90 Å². The minimum Gasteiger partial charge on any atom is -0.392 e. The van der Waals surface area contributed by atoms with Crippen LogP contribution in [-0.4, -0.2) is 60.8 Å². The Bertz CT molecular complexity index is 422. The van der Waals surface area contributed by atoms with Gasteiger partial charge in [0.15, 0.2) is 0 Å². The van der Waals surface area contributed by atoms with Gasteiger partial charge in [-0.3, -0.25) is 4.79 Å². The number of amides is 1. The van der Waals surface area contributed by atoms with E-state index in [-0.39, 0.29) is 23.3 Å². The topological polar surface area (TPSA) is 64.6 Å². The average molecular weight is 323 g/mol. The third-order valence-electron chi connectivity index (χ3n) is 6.51. The zero-order chi connectivity index (χ0) is 16.4. The molecule has 2 saturated heterocycles. The summed E-state index contributed by atoms with van der Waals surface area (Å²) in [6.45, 7) is 4.96. The molecule has 3 rings (SSSR count). The maximum absolute atomic E-state index is 12.4. The Balaban J connectivity index is 1.49. The molecule has 3 N–H and O–H groups in total. The molecule has 0 unspecified atom stereocenters. The number of piperidine rings is 1. The lowest BCUT2D eigenvalue weighted by atomic mass is 9.75. The molecule has 1 saturated carbocycles. The molecule has 0 aromatic heterocycles. The molecule has 5 heteroatoms. The fourth-order valence-corrected chi connectivity index (χ4v) is 4.77. The molecule has 1 amide bonds. The Hall–Kier alpha value is -0.650. The second-order valence-corrected chi connectivity index (χ2v) is 8.25. The number of rotatable bonds is 3. The quantitative estimate of drug-likeness (QED) is 0.728. The van der Waals surface area contributed by atoms with Gasteiger partial charge in [0.1, 0.15) is 0 Å². The van der Waals surface area contributed by atoms with Crippen molar-refractivity contribution in [2.75, 3.05) is 26.7 Å². The zero-order valence-corrected chi connectivity index (χ0v) is 14.7. The van der Waals surface area contributed by atoms with E-state index in [1.54, 1.807) is 0 Å². The number of aliphatic hydroxyl groups excluding tert-OH is 1. The van der Waals surface area contributed by atoms with E-state index >= 15 is 0 Å². The van der Waals surface area contributed by atoms with Gasteiger partial charge in [-0.15, -0.1) is 0 Å². The highest BCUT2D eigenvalue weighted by atomic mass is 16.3. The number of carbonyl (C=O) groups is 1. The second kappa shape index (κ2) is 7.08. The number of nitrogens with zero attached hydrogens (tertiary/aromatic N) is 1. The van der Waals surface area contributed by atoms with Gasteiger partial charge in [-0.05, 0) is 52.2 Å². The summed E-state index contributed by atoms with van der Waals surface area (Å²) in [6, 6.07) is 0.693. The Kier molecular flexibility index (Phi) is 5.29. The highest BCUT2D eigenvalue weighted by Gasteiger charge is 2.48. The molecule has 0 spiro atoms. The Morgan fingerprint density at radius 3 is 2.70 bits per heavy atom. The van der Waals surface area contributed by atoms with Gasteiger partial charge >= 0.3 is 0 Å². The monoisotopic (exact) mass is 323 g/mol. The Morgan fingerprint density at radius 1 is 1.26 bits per heavy atom. The van der Waals surface area contributed by atoms with Crippen LogP contribution in [0.2, 0.25) is 0 Å². The number of hydrogen-bond acceptors (Lipinski definition) is 4. The van der Waals surface area contributed by atoms with Crippen molar-refractivity contribution < 1.29 is 9.90 Å².